The van der Waals surface area contributed by atoms with E-state index in [1.165, 1.54) is 18.4 Å². The lowest BCUT2D eigenvalue weighted by Crippen LogP contribution is -2.09. The number of pyridine rings is 1. The third-order valence-corrected chi connectivity index (χ3v) is 6.31. The first kappa shape index (κ1) is 18.6. The van der Waals surface area contributed by atoms with Crippen molar-refractivity contribution < 1.29 is 4.74 Å². The van der Waals surface area contributed by atoms with E-state index in [-0.39, 0.29) is 6.10 Å². The molecule has 0 aliphatic heterocycles. The van der Waals surface area contributed by atoms with Crippen molar-refractivity contribution in [3.63, 3.8) is 0 Å². The number of aryl methyl sites for hydroxylation is 2. The van der Waals surface area contributed by atoms with Gasteiger partial charge in [-0.05, 0) is 56.7 Å². The molecule has 0 radical (unpaired) electrons. The molecule has 1 unspecified atom stereocenters. The average Bonchev–Trinajstić information content (AvgIpc) is 3.69. The van der Waals surface area contributed by atoms with E-state index in [4.69, 9.17) is 19.8 Å². The Kier molecular flexibility index (Phi) is 4.17. The standard InChI is InChI=1S/C23H25N7O/c1-13-4-9-18-16(10-13)17(11-19(25-18)14-5-6-14)23-26-22(21(31-3)15-7-8-15)27-30(23)20-12-24-28-29(20)2/h4,9-12,14-15,21H,5-8H2,1-3H3. The normalized spacial score (nSPS) is 17.4. The fraction of sp³-hybridized carbons (Fsp3) is 0.435. The van der Waals surface area contributed by atoms with Crippen molar-refractivity contribution in [2.75, 3.05) is 7.11 Å². The third-order valence-electron chi connectivity index (χ3n) is 6.31. The zero-order chi connectivity index (χ0) is 21.1. The number of methoxy groups -OCH3 is 1. The molecule has 3 heterocycles. The number of aromatic nitrogens is 7. The van der Waals surface area contributed by atoms with Crippen molar-refractivity contribution in [2.45, 2.75) is 44.6 Å². The van der Waals surface area contributed by atoms with E-state index in [0.29, 0.717) is 17.7 Å². The topological polar surface area (TPSA) is 83.5 Å². The smallest absolute Gasteiger partial charge is 0.180 e. The Labute approximate surface area is 180 Å². The Bertz CT molecular complexity index is 1280. The van der Waals surface area contributed by atoms with Gasteiger partial charge in [0.05, 0.1) is 11.7 Å². The SMILES string of the molecule is COC(c1nc(-c2cc(C3CC3)nc3ccc(C)cc23)n(-c2cnnn2C)n1)C1CC1. The van der Waals surface area contributed by atoms with Crippen LogP contribution >= 0.6 is 0 Å². The lowest BCUT2D eigenvalue weighted by molar-refractivity contribution is 0.0773. The molecule has 31 heavy (non-hydrogen) atoms. The van der Waals surface area contributed by atoms with Gasteiger partial charge in [0.2, 0.25) is 0 Å². The number of fused-ring (bicyclic) bond motifs is 1. The fourth-order valence-electron chi connectivity index (χ4n) is 4.30. The number of hydrogen-bond donors (Lipinski definition) is 0. The fourth-order valence-corrected chi connectivity index (χ4v) is 4.30. The maximum Gasteiger partial charge on any atom is 0.180 e. The second-order valence-electron chi connectivity index (χ2n) is 8.80. The van der Waals surface area contributed by atoms with Crippen LogP contribution in [0.3, 0.4) is 0 Å². The molecule has 0 saturated heterocycles. The molecule has 0 bridgehead atoms. The van der Waals surface area contributed by atoms with Crippen LogP contribution in [-0.4, -0.2) is 41.9 Å². The maximum atomic E-state index is 5.80. The third kappa shape index (κ3) is 3.22. The van der Waals surface area contributed by atoms with E-state index in [9.17, 15) is 0 Å². The van der Waals surface area contributed by atoms with E-state index in [0.717, 1.165) is 46.6 Å². The molecule has 2 aliphatic carbocycles. The summed E-state index contributed by atoms with van der Waals surface area (Å²) in [5, 5.41) is 14.2. The number of hydrogen-bond acceptors (Lipinski definition) is 6. The second kappa shape index (κ2) is 6.95. The summed E-state index contributed by atoms with van der Waals surface area (Å²) >= 11 is 0. The van der Waals surface area contributed by atoms with Gasteiger partial charge in [0.25, 0.3) is 0 Å². The highest BCUT2D eigenvalue weighted by molar-refractivity contribution is 5.93. The van der Waals surface area contributed by atoms with Gasteiger partial charge in [-0.2, -0.15) is 4.68 Å². The molecule has 0 spiro atoms. The zero-order valence-electron chi connectivity index (χ0n) is 18.0. The lowest BCUT2D eigenvalue weighted by atomic mass is 10.0. The predicted octanol–water partition coefficient (Wildman–Crippen LogP) is 3.89. The highest BCUT2D eigenvalue weighted by Crippen LogP contribution is 2.44. The summed E-state index contributed by atoms with van der Waals surface area (Å²) in [4.78, 5) is 10.00. The minimum atomic E-state index is -0.0982. The van der Waals surface area contributed by atoms with Crippen molar-refractivity contribution in [3.05, 3.63) is 47.5 Å². The molecule has 2 aliphatic rings. The minimum Gasteiger partial charge on any atom is -0.373 e. The van der Waals surface area contributed by atoms with Gasteiger partial charge in [-0.15, -0.1) is 10.2 Å². The molecule has 1 aromatic carbocycles. The van der Waals surface area contributed by atoms with Gasteiger partial charge in [0, 0.05) is 36.7 Å². The molecule has 3 aromatic heterocycles. The molecule has 2 fully saturated rings. The van der Waals surface area contributed by atoms with Crippen molar-refractivity contribution in [1.29, 1.82) is 0 Å². The van der Waals surface area contributed by atoms with Crippen LogP contribution in [0.2, 0.25) is 0 Å². The van der Waals surface area contributed by atoms with Gasteiger partial charge in [-0.1, -0.05) is 16.8 Å². The lowest BCUT2D eigenvalue weighted by Gasteiger charge is -2.11. The number of ether oxygens (including phenoxy) is 1. The van der Waals surface area contributed by atoms with Crippen LogP contribution in [0.15, 0.2) is 30.5 Å². The van der Waals surface area contributed by atoms with Crippen LogP contribution in [0.25, 0.3) is 28.1 Å². The van der Waals surface area contributed by atoms with Crippen LogP contribution in [-0.2, 0) is 11.8 Å². The first-order valence-corrected chi connectivity index (χ1v) is 10.9. The first-order valence-electron chi connectivity index (χ1n) is 10.9. The molecule has 0 N–H and O–H groups in total. The van der Waals surface area contributed by atoms with Crippen molar-refractivity contribution in [1.82, 2.24) is 34.7 Å². The minimum absolute atomic E-state index is 0.0982. The Morgan fingerprint density at radius 2 is 1.94 bits per heavy atom. The Balaban J connectivity index is 1.61. The Morgan fingerprint density at radius 1 is 1.10 bits per heavy atom. The van der Waals surface area contributed by atoms with E-state index in [1.54, 1.807) is 18.0 Å². The number of benzene rings is 1. The molecule has 6 rings (SSSR count). The second-order valence-corrected chi connectivity index (χ2v) is 8.80. The van der Waals surface area contributed by atoms with Crippen LogP contribution in [0, 0.1) is 12.8 Å². The van der Waals surface area contributed by atoms with Crippen molar-refractivity contribution in [2.24, 2.45) is 13.0 Å². The molecule has 8 heteroatoms. The van der Waals surface area contributed by atoms with E-state index >= 15 is 0 Å². The highest BCUT2D eigenvalue weighted by atomic mass is 16.5. The molecule has 2 saturated carbocycles. The van der Waals surface area contributed by atoms with Crippen LogP contribution in [0.1, 0.15) is 54.8 Å². The monoisotopic (exact) mass is 415 g/mol. The number of rotatable bonds is 6. The molecule has 8 nitrogen and oxygen atoms in total. The largest absolute Gasteiger partial charge is 0.373 e. The van der Waals surface area contributed by atoms with E-state index in [2.05, 4.69) is 41.5 Å². The van der Waals surface area contributed by atoms with Gasteiger partial charge >= 0.3 is 0 Å². The Morgan fingerprint density at radius 3 is 2.61 bits per heavy atom. The average molecular weight is 416 g/mol. The summed E-state index contributed by atoms with van der Waals surface area (Å²) in [6.07, 6.45) is 6.32. The van der Waals surface area contributed by atoms with Gasteiger partial charge in [0.1, 0.15) is 6.10 Å². The molecular weight excluding hydrogens is 390 g/mol. The van der Waals surface area contributed by atoms with E-state index < -0.39 is 0 Å². The van der Waals surface area contributed by atoms with Gasteiger partial charge in [-0.25, -0.2) is 9.67 Å². The molecule has 4 aromatic rings. The summed E-state index contributed by atoms with van der Waals surface area (Å²) in [5.41, 5.74) is 4.36. The maximum absolute atomic E-state index is 5.80. The zero-order valence-corrected chi connectivity index (χ0v) is 18.0. The van der Waals surface area contributed by atoms with Crippen molar-refractivity contribution >= 4 is 10.9 Å². The van der Waals surface area contributed by atoms with Gasteiger partial charge < -0.3 is 4.74 Å². The molecule has 1 atom stereocenters. The quantitative estimate of drug-likeness (QED) is 0.475. The summed E-state index contributed by atoms with van der Waals surface area (Å²) in [6, 6.07) is 8.61. The number of nitrogens with zero attached hydrogens (tertiary/aromatic N) is 7. The van der Waals surface area contributed by atoms with Crippen LogP contribution < -0.4 is 0 Å². The van der Waals surface area contributed by atoms with Gasteiger partial charge in [0.15, 0.2) is 17.5 Å². The summed E-state index contributed by atoms with van der Waals surface area (Å²) in [7, 11) is 3.61. The molecule has 158 valence electrons. The summed E-state index contributed by atoms with van der Waals surface area (Å²) in [6.45, 7) is 2.10. The Hall–Kier alpha value is -3.13. The van der Waals surface area contributed by atoms with Crippen molar-refractivity contribution in [3.8, 4) is 17.2 Å². The van der Waals surface area contributed by atoms with Crippen LogP contribution in [0.4, 0.5) is 0 Å². The summed E-state index contributed by atoms with van der Waals surface area (Å²) in [5.74, 6) is 3.29. The van der Waals surface area contributed by atoms with Crippen LogP contribution in [0.5, 0.6) is 0 Å². The highest BCUT2D eigenvalue weighted by Gasteiger charge is 2.36. The van der Waals surface area contributed by atoms with E-state index in [1.807, 2.05) is 11.7 Å². The summed E-state index contributed by atoms with van der Waals surface area (Å²) < 4.78 is 9.38. The van der Waals surface area contributed by atoms with Gasteiger partial charge in [-0.3, -0.25) is 4.98 Å². The predicted molar refractivity (Wildman–Crippen MR) is 116 cm³/mol. The first-order chi connectivity index (χ1) is 15.1. The molecule has 0 amide bonds. The molecular formula is C23H25N7O.